The largest absolute Gasteiger partial charge is 0.309 e. The normalized spacial score (nSPS) is 19.0. The molecule has 0 heterocycles. The molecule has 0 saturated carbocycles. The standard InChI is InChI=1S/C20H23N/c1-21(2)15-7-12-20-18-10-5-3-8-16(18)13-14-17-9-4-6-11-19(17)20/h3-6,8-12H,7,13-15H2,1-2H3/i1D3,2D3. The van der Waals surface area contributed by atoms with Gasteiger partial charge in [-0.15, -0.1) is 0 Å². The molecule has 1 aliphatic rings. The highest BCUT2D eigenvalue weighted by Gasteiger charge is 2.16. The first-order valence-electron chi connectivity index (χ1n) is 10.3. The number of fused-ring (bicyclic) bond motifs is 2. The molecule has 1 heteroatoms. The van der Waals surface area contributed by atoms with Gasteiger partial charge in [0.25, 0.3) is 0 Å². The van der Waals surface area contributed by atoms with Crippen LogP contribution < -0.4 is 0 Å². The maximum atomic E-state index is 7.52. The Balaban J connectivity index is 1.95. The van der Waals surface area contributed by atoms with Crippen LogP contribution in [0.5, 0.6) is 0 Å². The fourth-order valence-electron chi connectivity index (χ4n) is 2.97. The minimum absolute atomic E-state index is 0.0547. The average Bonchev–Trinajstić information content (AvgIpc) is 2.74. The van der Waals surface area contributed by atoms with Crippen LogP contribution in [0.25, 0.3) is 5.57 Å². The Hall–Kier alpha value is -1.86. The van der Waals surface area contributed by atoms with Crippen LogP contribution in [0.1, 0.15) is 36.9 Å². The van der Waals surface area contributed by atoms with E-state index in [9.17, 15) is 0 Å². The molecule has 0 radical (unpaired) electrons. The van der Waals surface area contributed by atoms with Crippen molar-refractivity contribution in [1.82, 2.24) is 4.90 Å². The lowest BCUT2D eigenvalue weighted by molar-refractivity contribution is 0.417. The highest BCUT2D eigenvalue weighted by atomic mass is 15.0. The van der Waals surface area contributed by atoms with Crippen LogP contribution in [-0.4, -0.2) is 25.4 Å². The summed E-state index contributed by atoms with van der Waals surface area (Å²) in [7, 11) is 0. The Labute approximate surface area is 136 Å². The van der Waals surface area contributed by atoms with Gasteiger partial charge in [-0.25, -0.2) is 0 Å². The molecule has 2 aromatic carbocycles. The molecule has 0 N–H and O–H groups in total. The van der Waals surface area contributed by atoms with Crippen molar-refractivity contribution in [3.05, 3.63) is 76.9 Å². The summed E-state index contributed by atoms with van der Waals surface area (Å²) in [5.74, 6) is 0. The highest BCUT2D eigenvalue weighted by molar-refractivity contribution is 5.83. The zero-order chi connectivity index (χ0) is 19.7. The first kappa shape index (κ1) is 8.55. The van der Waals surface area contributed by atoms with E-state index in [2.05, 4.69) is 24.3 Å². The Bertz CT molecular complexity index is 771. The number of hydrogen-bond acceptors (Lipinski definition) is 1. The van der Waals surface area contributed by atoms with Crippen molar-refractivity contribution >= 4 is 5.57 Å². The first-order valence-corrected chi connectivity index (χ1v) is 7.32. The molecule has 0 fully saturated rings. The van der Waals surface area contributed by atoms with Gasteiger partial charge in [0, 0.05) is 14.8 Å². The van der Waals surface area contributed by atoms with Crippen LogP contribution in [0.4, 0.5) is 0 Å². The van der Waals surface area contributed by atoms with Gasteiger partial charge in [0.15, 0.2) is 0 Å². The first-order chi connectivity index (χ1) is 12.7. The highest BCUT2D eigenvalue weighted by Crippen LogP contribution is 2.33. The SMILES string of the molecule is [2H]C([2H])([2H])N(CCC=C1c2ccccc2CCc2ccccc21)C([2H])([2H])[2H]. The van der Waals surface area contributed by atoms with Crippen molar-refractivity contribution in [2.24, 2.45) is 0 Å². The second-order valence-electron chi connectivity index (χ2n) is 5.37. The van der Waals surface area contributed by atoms with Crippen molar-refractivity contribution in [2.75, 3.05) is 20.5 Å². The van der Waals surface area contributed by atoms with Crippen LogP contribution in [0.2, 0.25) is 0 Å². The molecule has 0 bridgehead atoms. The summed E-state index contributed by atoms with van der Waals surface area (Å²) in [6.45, 7) is -5.35. The molecule has 0 spiro atoms. The van der Waals surface area contributed by atoms with Crippen molar-refractivity contribution in [3.63, 3.8) is 0 Å². The fourth-order valence-corrected chi connectivity index (χ4v) is 2.97. The van der Waals surface area contributed by atoms with Gasteiger partial charge in [0.1, 0.15) is 0 Å². The quantitative estimate of drug-likeness (QED) is 0.817. The van der Waals surface area contributed by atoms with E-state index in [1.165, 1.54) is 11.1 Å². The number of benzene rings is 2. The third-order valence-electron chi connectivity index (χ3n) is 3.98. The molecule has 0 saturated heterocycles. The van der Waals surface area contributed by atoms with E-state index in [0.717, 1.165) is 29.5 Å². The number of rotatable bonds is 3. The van der Waals surface area contributed by atoms with Gasteiger partial charge in [0.2, 0.25) is 0 Å². The molecular formula is C20H23N. The van der Waals surface area contributed by atoms with Crippen molar-refractivity contribution in [3.8, 4) is 0 Å². The maximum absolute atomic E-state index is 7.52. The van der Waals surface area contributed by atoms with Gasteiger partial charge < -0.3 is 4.90 Å². The fraction of sp³-hybridized carbons (Fsp3) is 0.300. The molecule has 0 atom stereocenters. The van der Waals surface area contributed by atoms with Crippen molar-refractivity contribution < 1.29 is 8.22 Å². The minimum atomic E-state index is -2.65. The molecule has 2 aromatic rings. The lowest BCUT2D eigenvalue weighted by atomic mass is 9.93. The topological polar surface area (TPSA) is 3.24 Å². The van der Waals surface area contributed by atoms with Gasteiger partial charge in [-0.2, -0.15) is 0 Å². The molecule has 108 valence electrons. The lowest BCUT2D eigenvalue weighted by Crippen LogP contribution is -2.12. The van der Waals surface area contributed by atoms with E-state index in [-0.39, 0.29) is 6.54 Å². The third kappa shape index (κ3) is 3.08. The molecule has 0 unspecified atom stereocenters. The van der Waals surface area contributed by atoms with E-state index in [1.807, 2.05) is 30.3 Å². The minimum Gasteiger partial charge on any atom is -0.309 e. The van der Waals surface area contributed by atoms with Gasteiger partial charge in [0.05, 0.1) is 0 Å². The predicted octanol–water partition coefficient (Wildman–Crippen LogP) is 4.17. The van der Waals surface area contributed by atoms with Crippen LogP contribution in [0, 0.1) is 0 Å². The third-order valence-corrected chi connectivity index (χ3v) is 3.98. The Morgan fingerprint density at radius 1 is 0.952 bits per heavy atom. The predicted molar refractivity (Wildman–Crippen MR) is 90.5 cm³/mol. The Morgan fingerprint density at radius 2 is 1.52 bits per heavy atom. The average molecular weight is 283 g/mol. The summed E-state index contributed by atoms with van der Waals surface area (Å²) in [5, 5.41) is 0. The molecule has 0 aliphatic heterocycles. The van der Waals surface area contributed by atoms with Crippen LogP contribution >= 0.6 is 0 Å². The smallest absolute Gasteiger partial charge is 0.0394 e. The molecule has 1 aliphatic carbocycles. The Kier molecular flexibility index (Phi) is 2.56. The van der Waals surface area contributed by atoms with E-state index < -0.39 is 14.0 Å². The van der Waals surface area contributed by atoms with Crippen LogP contribution in [0.3, 0.4) is 0 Å². The van der Waals surface area contributed by atoms with Crippen LogP contribution in [-0.2, 0) is 12.8 Å². The number of hydrogen-bond donors (Lipinski definition) is 0. The summed E-state index contributed by atoms with van der Waals surface area (Å²) in [6.07, 6.45) is 4.21. The van der Waals surface area contributed by atoms with E-state index in [4.69, 9.17) is 8.22 Å². The maximum Gasteiger partial charge on any atom is 0.0394 e. The monoisotopic (exact) mass is 283 g/mol. The summed E-state index contributed by atoms with van der Waals surface area (Å²) in [6, 6.07) is 16.4. The van der Waals surface area contributed by atoms with Crippen molar-refractivity contribution in [1.29, 1.82) is 0 Å². The number of aryl methyl sites for hydroxylation is 2. The van der Waals surface area contributed by atoms with Gasteiger partial charge >= 0.3 is 0 Å². The second-order valence-corrected chi connectivity index (χ2v) is 5.37. The molecule has 3 rings (SSSR count). The summed E-state index contributed by atoms with van der Waals surface area (Å²) in [5.41, 5.74) is 5.83. The second kappa shape index (κ2) is 6.28. The Morgan fingerprint density at radius 3 is 2.10 bits per heavy atom. The van der Waals surface area contributed by atoms with Gasteiger partial charge in [-0.05, 0) is 61.0 Å². The van der Waals surface area contributed by atoms with E-state index in [0.29, 0.717) is 11.3 Å². The molecule has 0 amide bonds. The molecule has 21 heavy (non-hydrogen) atoms. The zero-order valence-electron chi connectivity index (χ0n) is 18.0. The summed E-state index contributed by atoms with van der Waals surface area (Å²) >= 11 is 0. The van der Waals surface area contributed by atoms with E-state index >= 15 is 0 Å². The van der Waals surface area contributed by atoms with Gasteiger partial charge in [-0.1, -0.05) is 54.6 Å². The number of nitrogens with zero attached hydrogens (tertiary/aromatic N) is 1. The molecular weight excluding hydrogens is 254 g/mol. The lowest BCUT2D eigenvalue weighted by Gasteiger charge is -2.13. The van der Waals surface area contributed by atoms with Crippen LogP contribution in [0.15, 0.2) is 54.6 Å². The summed E-state index contributed by atoms with van der Waals surface area (Å²) in [4.78, 5) is 0.617. The zero-order valence-corrected chi connectivity index (χ0v) is 12.0. The van der Waals surface area contributed by atoms with Crippen molar-refractivity contribution in [2.45, 2.75) is 19.3 Å². The summed E-state index contributed by atoms with van der Waals surface area (Å²) < 4.78 is 45.1. The molecule has 0 aromatic heterocycles. The van der Waals surface area contributed by atoms with Gasteiger partial charge in [-0.3, -0.25) is 0 Å². The molecule has 1 nitrogen and oxygen atoms in total. The van der Waals surface area contributed by atoms with E-state index in [1.54, 1.807) is 0 Å².